The Hall–Kier alpha value is -5.15. The molecule has 0 aliphatic carbocycles. The molecule has 8 nitrogen and oxygen atoms in total. The minimum absolute atomic E-state index is 0.0445. The summed E-state index contributed by atoms with van der Waals surface area (Å²) in [5.74, 6) is -0.448. The van der Waals surface area contributed by atoms with E-state index in [1.54, 1.807) is 110 Å². The molecule has 0 saturated heterocycles. The van der Waals surface area contributed by atoms with Crippen molar-refractivity contribution in [2.75, 3.05) is 23.5 Å². The van der Waals surface area contributed by atoms with Gasteiger partial charge in [0, 0.05) is 27.4 Å². The first-order chi connectivity index (χ1) is 20.3. The van der Waals surface area contributed by atoms with Crippen molar-refractivity contribution in [3.8, 4) is 5.75 Å². The normalized spacial score (nSPS) is 10.9. The van der Waals surface area contributed by atoms with E-state index in [0.29, 0.717) is 33.8 Å². The van der Waals surface area contributed by atoms with Gasteiger partial charge in [0.1, 0.15) is 11.4 Å². The van der Waals surface area contributed by atoms with Gasteiger partial charge in [0.25, 0.3) is 11.8 Å². The van der Waals surface area contributed by atoms with E-state index in [0.717, 1.165) is 4.90 Å². The number of anilines is 2. The second-order valence-corrected chi connectivity index (χ2v) is 10.2. The number of hydrogen-bond acceptors (Lipinski definition) is 6. The average molecular weight is 580 g/mol. The van der Waals surface area contributed by atoms with E-state index < -0.39 is 11.8 Å². The predicted octanol–water partition coefficient (Wildman–Crippen LogP) is 6.04. The number of benzene rings is 4. The number of carbonyl (C=O) groups is 4. The molecule has 3 amide bonds. The van der Waals surface area contributed by atoms with Gasteiger partial charge < -0.3 is 20.7 Å². The Labute approximate surface area is 248 Å². The molecule has 0 fully saturated rings. The topological polar surface area (TPSA) is 114 Å². The van der Waals surface area contributed by atoms with Gasteiger partial charge in [-0.2, -0.15) is 0 Å². The second kappa shape index (κ2) is 14.5. The molecule has 0 bridgehead atoms. The zero-order valence-corrected chi connectivity index (χ0v) is 23.9. The summed E-state index contributed by atoms with van der Waals surface area (Å²) in [7, 11) is 1.55. The molecule has 0 heterocycles. The zero-order chi connectivity index (χ0) is 29.9. The third-order valence-corrected chi connectivity index (χ3v) is 6.96. The first-order valence-corrected chi connectivity index (χ1v) is 14.0. The minimum Gasteiger partial charge on any atom is -0.497 e. The number of nitrogens with one attached hydrogen (secondary N) is 3. The number of ether oxygens (including phenoxy) is 1. The summed E-state index contributed by atoms with van der Waals surface area (Å²) < 4.78 is 5.28. The lowest BCUT2D eigenvalue weighted by Crippen LogP contribution is -2.30. The Balaban J connectivity index is 1.44. The highest BCUT2D eigenvalue weighted by Gasteiger charge is 2.16. The minimum atomic E-state index is -0.518. The first kappa shape index (κ1) is 29.8. The maximum Gasteiger partial charge on any atom is 0.272 e. The molecule has 4 aromatic carbocycles. The molecule has 0 atom stereocenters. The number of rotatable bonds is 11. The van der Waals surface area contributed by atoms with Crippen molar-refractivity contribution in [3.05, 3.63) is 126 Å². The van der Waals surface area contributed by atoms with Crippen LogP contribution >= 0.6 is 11.8 Å². The molecule has 3 N–H and O–H groups in total. The van der Waals surface area contributed by atoms with E-state index in [1.807, 2.05) is 6.07 Å². The van der Waals surface area contributed by atoms with Crippen molar-refractivity contribution in [1.29, 1.82) is 0 Å². The lowest BCUT2D eigenvalue weighted by atomic mass is 10.1. The van der Waals surface area contributed by atoms with Gasteiger partial charge >= 0.3 is 0 Å². The van der Waals surface area contributed by atoms with Gasteiger partial charge in [-0.1, -0.05) is 36.4 Å². The van der Waals surface area contributed by atoms with Crippen LogP contribution < -0.4 is 20.7 Å². The molecular formula is C33H29N3O5S. The van der Waals surface area contributed by atoms with Crippen molar-refractivity contribution < 1.29 is 23.9 Å². The van der Waals surface area contributed by atoms with Crippen LogP contribution in [0.4, 0.5) is 11.4 Å². The molecule has 0 aromatic heterocycles. The van der Waals surface area contributed by atoms with Gasteiger partial charge in [0.2, 0.25) is 5.91 Å². The Morgan fingerprint density at radius 2 is 1.50 bits per heavy atom. The van der Waals surface area contributed by atoms with E-state index >= 15 is 0 Å². The largest absolute Gasteiger partial charge is 0.497 e. The Bertz CT molecular complexity index is 1620. The van der Waals surface area contributed by atoms with Crippen LogP contribution in [0.2, 0.25) is 0 Å². The summed E-state index contributed by atoms with van der Waals surface area (Å²) in [6, 6.07) is 29.5. The van der Waals surface area contributed by atoms with E-state index in [2.05, 4.69) is 16.0 Å². The lowest BCUT2D eigenvalue weighted by molar-refractivity contribution is -0.114. The van der Waals surface area contributed by atoms with Crippen LogP contribution in [0.3, 0.4) is 0 Å². The standard InChI is InChI=1S/C33H29N3O5S/c1-22(37)24-14-16-26(17-15-24)34-31(38)21-42-29-13-7-11-27(20-29)35-33(40)30(19-23-8-6-12-28(18-23)41-2)36-32(39)25-9-4-3-5-10-25/h3-20H,21H2,1-2H3,(H,34,38)(H,35,40)(H,36,39)/b30-19-. The molecule has 9 heteroatoms. The SMILES string of the molecule is COc1cccc(/C=C(\NC(=O)c2ccccc2)C(=O)Nc2cccc(SCC(=O)Nc3ccc(C(C)=O)cc3)c2)c1. The van der Waals surface area contributed by atoms with Crippen molar-refractivity contribution in [3.63, 3.8) is 0 Å². The van der Waals surface area contributed by atoms with E-state index in [9.17, 15) is 19.2 Å². The van der Waals surface area contributed by atoms with Crippen LogP contribution in [0.15, 0.2) is 114 Å². The number of carbonyl (C=O) groups excluding carboxylic acids is 4. The summed E-state index contributed by atoms with van der Waals surface area (Å²) in [5.41, 5.74) is 2.79. The molecule has 212 valence electrons. The van der Waals surface area contributed by atoms with Crippen molar-refractivity contribution in [2.45, 2.75) is 11.8 Å². The van der Waals surface area contributed by atoms with E-state index in [-0.39, 0.29) is 23.1 Å². The maximum atomic E-state index is 13.4. The van der Waals surface area contributed by atoms with Crippen LogP contribution in [0, 0.1) is 0 Å². The fraction of sp³-hybridized carbons (Fsp3) is 0.0909. The summed E-state index contributed by atoms with van der Waals surface area (Å²) in [6.07, 6.45) is 1.57. The molecule has 0 saturated carbocycles. The fourth-order valence-electron chi connectivity index (χ4n) is 3.84. The highest BCUT2D eigenvalue weighted by atomic mass is 32.2. The quantitative estimate of drug-likeness (QED) is 0.113. The summed E-state index contributed by atoms with van der Waals surface area (Å²) in [4.78, 5) is 50.9. The molecular weight excluding hydrogens is 550 g/mol. The molecule has 0 aliphatic rings. The predicted molar refractivity (Wildman–Crippen MR) is 166 cm³/mol. The number of thioether (sulfide) groups is 1. The Morgan fingerprint density at radius 3 is 2.21 bits per heavy atom. The van der Waals surface area contributed by atoms with Crippen LogP contribution in [-0.4, -0.2) is 36.4 Å². The van der Waals surface area contributed by atoms with Crippen molar-refractivity contribution >= 4 is 52.7 Å². The number of hydrogen-bond donors (Lipinski definition) is 3. The molecule has 0 radical (unpaired) electrons. The fourth-order valence-corrected chi connectivity index (χ4v) is 4.59. The highest BCUT2D eigenvalue weighted by molar-refractivity contribution is 8.00. The average Bonchev–Trinajstić information content (AvgIpc) is 3.00. The van der Waals surface area contributed by atoms with E-state index in [4.69, 9.17) is 4.74 Å². The number of ketones is 1. The summed E-state index contributed by atoms with van der Waals surface area (Å²) in [5, 5.41) is 8.36. The van der Waals surface area contributed by atoms with Crippen LogP contribution in [0.5, 0.6) is 5.75 Å². The van der Waals surface area contributed by atoms with Crippen molar-refractivity contribution in [2.24, 2.45) is 0 Å². The molecule has 0 aliphatic heterocycles. The van der Waals surface area contributed by atoms with Gasteiger partial charge in [0.15, 0.2) is 5.78 Å². The smallest absolute Gasteiger partial charge is 0.272 e. The van der Waals surface area contributed by atoms with Gasteiger partial charge in [-0.3, -0.25) is 19.2 Å². The van der Waals surface area contributed by atoms with Gasteiger partial charge in [-0.15, -0.1) is 11.8 Å². The molecule has 0 unspecified atom stereocenters. The van der Waals surface area contributed by atoms with Crippen LogP contribution in [0.1, 0.15) is 33.2 Å². The van der Waals surface area contributed by atoms with Crippen LogP contribution in [0.25, 0.3) is 6.08 Å². The van der Waals surface area contributed by atoms with Gasteiger partial charge in [-0.05, 0) is 85.3 Å². The third kappa shape index (κ3) is 8.67. The van der Waals surface area contributed by atoms with E-state index in [1.165, 1.54) is 18.7 Å². The van der Waals surface area contributed by atoms with Gasteiger partial charge in [0.05, 0.1) is 12.9 Å². The Morgan fingerprint density at radius 1 is 0.762 bits per heavy atom. The van der Waals surface area contributed by atoms with Crippen molar-refractivity contribution in [1.82, 2.24) is 5.32 Å². The third-order valence-electron chi connectivity index (χ3n) is 5.97. The summed E-state index contributed by atoms with van der Waals surface area (Å²) in [6.45, 7) is 1.49. The van der Waals surface area contributed by atoms with Gasteiger partial charge in [-0.25, -0.2) is 0 Å². The van der Waals surface area contributed by atoms with Crippen LogP contribution in [-0.2, 0) is 9.59 Å². The monoisotopic (exact) mass is 579 g/mol. The second-order valence-electron chi connectivity index (χ2n) is 9.11. The number of methoxy groups -OCH3 is 1. The zero-order valence-electron chi connectivity index (χ0n) is 23.0. The molecule has 4 aromatic rings. The maximum absolute atomic E-state index is 13.4. The Kier molecular flexibility index (Phi) is 10.3. The molecule has 4 rings (SSSR count). The lowest BCUT2D eigenvalue weighted by Gasteiger charge is -2.12. The summed E-state index contributed by atoms with van der Waals surface area (Å²) >= 11 is 1.30. The number of amides is 3. The molecule has 42 heavy (non-hydrogen) atoms. The first-order valence-electron chi connectivity index (χ1n) is 13.0. The number of Topliss-reactive ketones (excluding diaryl/α,β-unsaturated/α-hetero) is 1. The molecule has 0 spiro atoms. The highest BCUT2D eigenvalue weighted by Crippen LogP contribution is 2.23.